The molecule has 2 atom stereocenters. The topological polar surface area (TPSA) is 23.5 Å². The molecule has 0 unspecified atom stereocenters. The molecule has 18 heavy (non-hydrogen) atoms. The first-order chi connectivity index (χ1) is 8.86. The Morgan fingerprint density at radius 3 is 2.83 bits per heavy atom. The van der Waals surface area contributed by atoms with E-state index >= 15 is 0 Å². The molecule has 1 saturated heterocycles. The summed E-state index contributed by atoms with van der Waals surface area (Å²) < 4.78 is 0. The highest BCUT2D eigenvalue weighted by atomic mass is 16.3. The van der Waals surface area contributed by atoms with Gasteiger partial charge in [-0.25, -0.2) is 0 Å². The molecule has 0 aromatic heterocycles. The third kappa shape index (κ3) is 2.45. The average molecular weight is 245 g/mol. The standard InChI is InChI=1S/C16H23NO/c18-12-13-4-3-9-17(11-13)16-8-7-14-5-1-2-6-15(14)10-16/h1-2,5-6,13,16,18H,3-4,7-12H2/t13-,16-/m0/s1. The summed E-state index contributed by atoms with van der Waals surface area (Å²) in [5, 5.41) is 9.34. The highest BCUT2D eigenvalue weighted by molar-refractivity contribution is 5.30. The van der Waals surface area contributed by atoms with E-state index in [0.717, 1.165) is 6.54 Å². The maximum absolute atomic E-state index is 9.34. The van der Waals surface area contributed by atoms with E-state index in [1.54, 1.807) is 11.1 Å². The number of likely N-dealkylation sites (tertiary alicyclic amines) is 1. The van der Waals surface area contributed by atoms with Crippen molar-refractivity contribution in [3.05, 3.63) is 35.4 Å². The lowest BCUT2D eigenvalue weighted by Crippen LogP contribution is -2.45. The SMILES string of the molecule is OC[C@H]1CCCN([C@H]2CCc3ccccc3C2)C1. The van der Waals surface area contributed by atoms with E-state index in [4.69, 9.17) is 0 Å². The van der Waals surface area contributed by atoms with Crippen LogP contribution in [-0.4, -0.2) is 35.7 Å². The van der Waals surface area contributed by atoms with Crippen LogP contribution >= 0.6 is 0 Å². The number of benzene rings is 1. The van der Waals surface area contributed by atoms with Gasteiger partial charge in [-0.05, 0) is 55.7 Å². The van der Waals surface area contributed by atoms with E-state index in [-0.39, 0.29) is 0 Å². The Morgan fingerprint density at radius 1 is 1.17 bits per heavy atom. The van der Waals surface area contributed by atoms with Crippen LogP contribution in [0.3, 0.4) is 0 Å². The number of aliphatic hydroxyl groups excluding tert-OH is 1. The van der Waals surface area contributed by atoms with Crippen molar-refractivity contribution < 1.29 is 5.11 Å². The van der Waals surface area contributed by atoms with Gasteiger partial charge in [-0.1, -0.05) is 24.3 Å². The second kappa shape index (κ2) is 5.41. The lowest BCUT2D eigenvalue weighted by molar-refractivity contribution is 0.0820. The first kappa shape index (κ1) is 12.2. The normalized spacial score (nSPS) is 28.9. The van der Waals surface area contributed by atoms with Crippen molar-refractivity contribution in [2.24, 2.45) is 5.92 Å². The van der Waals surface area contributed by atoms with Gasteiger partial charge < -0.3 is 5.11 Å². The molecule has 0 radical (unpaired) electrons. The molecular weight excluding hydrogens is 222 g/mol. The summed E-state index contributed by atoms with van der Waals surface area (Å²) in [5.41, 5.74) is 3.09. The molecule has 1 N–H and O–H groups in total. The van der Waals surface area contributed by atoms with Crippen LogP contribution in [0, 0.1) is 5.92 Å². The number of hydrogen-bond donors (Lipinski definition) is 1. The summed E-state index contributed by atoms with van der Waals surface area (Å²) in [6, 6.07) is 9.58. The van der Waals surface area contributed by atoms with Crippen molar-refractivity contribution in [3.63, 3.8) is 0 Å². The zero-order valence-electron chi connectivity index (χ0n) is 11.0. The summed E-state index contributed by atoms with van der Waals surface area (Å²) >= 11 is 0. The van der Waals surface area contributed by atoms with Crippen LogP contribution in [0.1, 0.15) is 30.4 Å². The van der Waals surface area contributed by atoms with Crippen LogP contribution in [0.5, 0.6) is 0 Å². The smallest absolute Gasteiger partial charge is 0.0471 e. The van der Waals surface area contributed by atoms with Gasteiger partial charge in [0.2, 0.25) is 0 Å². The Balaban J connectivity index is 1.68. The van der Waals surface area contributed by atoms with Crippen LogP contribution < -0.4 is 0 Å². The summed E-state index contributed by atoms with van der Waals surface area (Å²) in [6.45, 7) is 2.69. The van der Waals surface area contributed by atoms with Gasteiger partial charge in [-0.2, -0.15) is 0 Å². The quantitative estimate of drug-likeness (QED) is 0.864. The summed E-state index contributed by atoms with van der Waals surface area (Å²) in [7, 11) is 0. The Kier molecular flexibility index (Phi) is 3.67. The average Bonchev–Trinajstić information content (AvgIpc) is 2.47. The van der Waals surface area contributed by atoms with Gasteiger partial charge in [0.25, 0.3) is 0 Å². The number of hydrogen-bond acceptors (Lipinski definition) is 2. The molecule has 1 fully saturated rings. The summed E-state index contributed by atoms with van der Waals surface area (Å²) in [5.74, 6) is 0.510. The number of aryl methyl sites for hydroxylation is 1. The highest BCUT2D eigenvalue weighted by Crippen LogP contribution is 2.27. The van der Waals surface area contributed by atoms with Crippen molar-refractivity contribution in [3.8, 4) is 0 Å². The first-order valence-electron chi connectivity index (χ1n) is 7.28. The molecule has 0 spiro atoms. The first-order valence-corrected chi connectivity index (χ1v) is 7.28. The Bertz CT molecular complexity index is 404. The fourth-order valence-electron chi connectivity index (χ4n) is 3.57. The van der Waals surface area contributed by atoms with Crippen LogP contribution in [0.15, 0.2) is 24.3 Å². The van der Waals surface area contributed by atoms with E-state index in [9.17, 15) is 5.11 Å². The number of fused-ring (bicyclic) bond motifs is 1. The number of rotatable bonds is 2. The summed E-state index contributed by atoms with van der Waals surface area (Å²) in [6.07, 6.45) is 6.17. The minimum atomic E-state index is 0.361. The Morgan fingerprint density at radius 2 is 2.00 bits per heavy atom. The second-order valence-corrected chi connectivity index (χ2v) is 5.85. The van der Waals surface area contributed by atoms with E-state index in [0.29, 0.717) is 18.6 Å². The Labute approximate surface area is 110 Å². The number of piperidine rings is 1. The van der Waals surface area contributed by atoms with Gasteiger partial charge in [-0.15, -0.1) is 0 Å². The molecule has 3 rings (SSSR count). The zero-order chi connectivity index (χ0) is 12.4. The monoisotopic (exact) mass is 245 g/mol. The fourth-order valence-corrected chi connectivity index (χ4v) is 3.57. The number of aliphatic hydroxyl groups is 1. The number of nitrogens with zero attached hydrogens (tertiary/aromatic N) is 1. The molecule has 0 saturated carbocycles. The molecule has 2 heteroatoms. The third-order valence-electron chi connectivity index (χ3n) is 4.65. The van der Waals surface area contributed by atoms with E-state index in [2.05, 4.69) is 29.2 Å². The van der Waals surface area contributed by atoms with Crippen molar-refractivity contribution in [1.82, 2.24) is 4.90 Å². The zero-order valence-corrected chi connectivity index (χ0v) is 11.0. The van der Waals surface area contributed by atoms with Crippen LogP contribution in [0.25, 0.3) is 0 Å². The van der Waals surface area contributed by atoms with Crippen LogP contribution in [0.2, 0.25) is 0 Å². The second-order valence-electron chi connectivity index (χ2n) is 5.85. The molecule has 1 aliphatic heterocycles. The Hall–Kier alpha value is -0.860. The maximum Gasteiger partial charge on any atom is 0.0471 e. The van der Waals surface area contributed by atoms with Gasteiger partial charge >= 0.3 is 0 Å². The maximum atomic E-state index is 9.34. The minimum absolute atomic E-state index is 0.361. The van der Waals surface area contributed by atoms with E-state index in [1.807, 2.05) is 0 Å². The molecule has 1 aromatic carbocycles. The summed E-state index contributed by atoms with van der Waals surface area (Å²) in [4.78, 5) is 2.63. The lowest BCUT2D eigenvalue weighted by atomic mass is 9.86. The van der Waals surface area contributed by atoms with Gasteiger partial charge in [0.05, 0.1) is 0 Å². The third-order valence-corrected chi connectivity index (χ3v) is 4.65. The largest absolute Gasteiger partial charge is 0.396 e. The van der Waals surface area contributed by atoms with Crippen molar-refractivity contribution in [2.45, 2.75) is 38.1 Å². The van der Waals surface area contributed by atoms with Crippen molar-refractivity contribution in [2.75, 3.05) is 19.7 Å². The molecule has 1 aromatic rings. The lowest BCUT2D eigenvalue weighted by Gasteiger charge is -2.40. The molecule has 1 aliphatic carbocycles. The molecule has 2 aliphatic rings. The predicted octanol–water partition coefficient (Wildman–Crippen LogP) is 2.25. The van der Waals surface area contributed by atoms with Gasteiger partial charge in [0, 0.05) is 19.2 Å². The molecular formula is C16H23NO. The highest BCUT2D eigenvalue weighted by Gasteiger charge is 2.28. The van der Waals surface area contributed by atoms with E-state index in [1.165, 1.54) is 38.6 Å². The molecule has 1 heterocycles. The van der Waals surface area contributed by atoms with Gasteiger partial charge in [-0.3, -0.25) is 4.90 Å². The molecule has 2 nitrogen and oxygen atoms in total. The van der Waals surface area contributed by atoms with Crippen LogP contribution in [-0.2, 0) is 12.8 Å². The van der Waals surface area contributed by atoms with Gasteiger partial charge in [0.15, 0.2) is 0 Å². The van der Waals surface area contributed by atoms with Crippen molar-refractivity contribution >= 4 is 0 Å². The fraction of sp³-hybridized carbons (Fsp3) is 0.625. The molecule has 0 amide bonds. The van der Waals surface area contributed by atoms with Crippen LogP contribution in [0.4, 0.5) is 0 Å². The molecule has 0 bridgehead atoms. The molecule has 98 valence electrons. The predicted molar refractivity (Wildman–Crippen MR) is 73.6 cm³/mol. The minimum Gasteiger partial charge on any atom is -0.396 e. The van der Waals surface area contributed by atoms with Crippen molar-refractivity contribution in [1.29, 1.82) is 0 Å². The van der Waals surface area contributed by atoms with Gasteiger partial charge in [0.1, 0.15) is 0 Å². The van der Waals surface area contributed by atoms with E-state index < -0.39 is 0 Å².